The van der Waals surface area contributed by atoms with Gasteiger partial charge in [0.25, 0.3) is 0 Å². The highest BCUT2D eigenvalue weighted by Gasteiger charge is 2.22. The van der Waals surface area contributed by atoms with Crippen molar-refractivity contribution in [3.63, 3.8) is 0 Å². The number of methoxy groups -OCH3 is 1. The lowest BCUT2D eigenvalue weighted by Gasteiger charge is -2.24. The fraction of sp³-hybridized carbons (Fsp3) is 0.316. The normalized spacial score (nSPS) is 16.9. The molecule has 3 rings (SSSR count). The summed E-state index contributed by atoms with van der Waals surface area (Å²) in [6.07, 6.45) is 2.65. The van der Waals surface area contributed by atoms with Gasteiger partial charge in [0, 0.05) is 13.5 Å². The summed E-state index contributed by atoms with van der Waals surface area (Å²) in [4.78, 5) is 12.2. The molecule has 0 aromatic heterocycles. The van der Waals surface area contributed by atoms with Crippen molar-refractivity contribution in [2.45, 2.75) is 32.0 Å². The van der Waals surface area contributed by atoms with Gasteiger partial charge in [-0.05, 0) is 41.7 Å². The predicted molar refractivity (Wildman–Crippen MR) is 84.8 cm³/mol. The summed E-state index contributed by atoms with van der Waals surface area (Å²) < 4.78 is 10.7. The van der Waals surface area contributed by atoms with E-state index in [0.717, 1.165) is 24.8 Å². The molecule has 0 saturated heterocycles. The maximum absolute atomic E-state index is 12.2. The van der Waals surface area contributed by atoms with Gasteiger partial charge in [0.15, 0.2) is 0 Å². The van der Waals surface area contributed by atoms with Crippen LogP contribution < -0.4 is 0 Å². The first-order valence-electron chi connectivity index (χ1n) is 7.62. The summed E-state index contributed by atoms with van der Waals surface area (Å²) >= 11 is 0. The molecule has 3 heteroatoms. The topological polar surface area (TPSA) is 35.5 Å². The Morgan fingerprint density at radius 2 is 1.82 bits per heavy atom. The Balaban J connectivity index is 1.62. The van der Waals surface area contributed by atoms with Crippen molar-refractivity contribution in [3.8, 4) is 0 Å². The summed E-state index contributed by atoms with van der Waals surface area (Å²) in [6, 6.07) is 15.8. The van der Waals surface area contributed by atoms with Crippen molar-refractivity contribution in [1.82, 2.24) is 0 Å². The summed E-state index contributed by atoms with van der Waals surface area (Å²) in [5.41, 5.74) is 4.31. The standard InChI is InChI=1S/C19H20O3/c1-21-13-14-6-8-16(9-7-14)19(20)22-18-11-10-15-4-2-3-5-17(15)12-18/h2-9,18H,10-13H2,1H3. The number of hydrogen-bond donors (Lipinski definition) is 0. The molecule has 1 aliphatic carbocycles. The molecule has 0 radical (unpaired) electrons. The van der Waals surface area contributed by atoms with E-state index in [1.165, 1.54) is 11.1 Å². The van der Waals surface area contributed by atoms with Crippen molar-refractivity contribution in [1.29, 1.82) is 0 Å². The minimum absolute atomic E-state index is 0.0268. The van der Waals surface area contributed by atoms with E-state index in [4.69, 9.17) is 9.47 Å². The van der Waals surface area contributed by atoms with Gasteiger partial charge >= 0.3 is 5.97 Å². The molecule has 3 nitrogen and oxygen atoms in total. The van der Waals surface area contributed by atoms with Crippen LogP contribution in [0.4, 0.5) is 0 Å². The number of carbonyl (C=O) groups excluding carboxylic acids is 1. The van der Waals surface area contributed by atoms with Crippen LogP contribution in [-0.2, 0) is 28.9 Å². The smallest absolute Gasteiger partial charge is 0.338 e. The summed E-state index contributed by atoms with van der Waals surface area (Å²) in [5.74, 6) is -0.242. The second-order valence-corrected chi connectivity index (χ2v) is 5.67. The molecule has 2 aromatic rings. The zero-order valence-electron chi connectivity index (χ0n) is 12.7. The van der Waals surface area contributed by atoms with Crippen molar-refractivity contribution in [2.75, 3.05) is 7.11 Å². The maximum atomic E-state index is 12.2. The van der Waals surface area contributed by atoms with Crippen LogP contribution in [0.2, 0.25) is 0 Å². The second kappa shape index (κ2) is 6.75. The molecular weight excluding hydrogens is 276 g/mol. The number of rotatable bonds is 4. The van der Waals surface area contributed by atoms with Crippen LogP contribution in [0.3, 0.4) is 0 Å². The number of benzene rings is 2. The molecule has 2 aromatic carbocycles. The summed E-state index contributed by atoms with van der Waals surface area (Å²) in [5, 5.41) is 0. The van der Waals surface area contributed by atoms with Gasteiger partial charge in [0.2, 0.25) is 0 Å². The molecule has 0 bridgehead atoms. The molecule has 0 N–H and O–H groups in total. The van der Waals surface area contributed by atoms with Gasteiger partial charge < -0.3 is 9.47 Å². The van der Waals surface area contributed by atoms with Crippen LogP contribution in [0, 0.1) is 0 Å². The molecule has 0 heterocycles. The van der Waals surface area contributed by atoms with Crippen LogP contribution in [0.5, 0.6) is 0 Å². The van der Waals surface area contributed by atoms with Crippen molar-refractivity contribution >= 4 is 5.97 Å². The number of esters is 1. The number of aryl methyl sites for hydroxylation is 1. The third-order valence-electron chi connectivity index (χ3n) is 4.08. The van der Waals surface area contributed by atoms with E-state index in [1.807, 2.05) is 18.2 Å². The number of ether oxygens (including phenoxy) is 2. The van der Waals surface area contributed by atoms with Gasteiger partial charge in [-0.3, -0.25) is 0 Å². The molecule has 0 aliphatic heterocycles. The molecule has 0 fully saturated rings. The van der Waals surface area contributed by atoms with Gasteiger partial charge in [0.05, 0.1) is 12.2 Å². The fourth-order valence-electron chi connectivity index (χ4n) is 2.89. The highest BCUT2D eigenvalue weighted by atomic mass is 16.5. The number of hydrogen-bond acceptors (Lipinski definition) is 3. The molecular formula is C19H20O3. The Morgan fingerprint density at radius 1 is 1.09 bits per heavy atom. The average molecular weight is 296 g/mol. The molecule has 0 saturated carbocycles. The zero-order chi connectivity index (χ0) is 15.4. The third-order valence-corrected chi connectivity index (χ3v) is 4.08. The zero-order valence-corrected chi connectivity index (χ0v) is 12.7. The first kappa shape index (κ1) is 14.8. The minimum Gasteiger partial charge on any atom is -0.458 e. The Bertz CT molecular complexity index is 646. The van der Waals surface area contributed by atoms with E-state index >= 15 is 0 Å². The highest BCUT2D eigenvalue weighted by molar-refractivity contribution is 5.89. The SMILES string of the molecule is COCc1ccc(C(=O)OC2CCc3ccccc3C2)cc1. The monoisotopic (exact) mass is 296 g/mol. The van der Waals surface area contributed by atoms with Gasteiger partial charge in [-0.2, -0.15) is 0 Å². The van der Waals surface area contributed by atoms with Gasteiger partial charge in [0.1, 0.15) is 6.10 Å². The van der Waals surface area contributed by atoms with E-state index in [-0.39, 0.29) is 12.1 Å². The average Bonchev–Trinajstić information content (AvgIpc) is 2.56. The molecule has 1 unspecified atom stereocenters. The summed E-state index contributed by atoms with van der Waals surface area (Å²) in [6.45, 7) is 0.550. The first-order valence-corrected chi connectivity index (χ1v) is 7.62. The van der Waals surface area contributed by atoms with E-state index in [1.54, 1.807) is 19.2 Å². The fourth-order valence-corrected chi connectivity index (χ4v) is 2.89. The first-order chi connectivity index (χ1) is 10.8. The molecule has 1 aliphatic rings. The quantitative estimate of drug-likeness (QED) is 0.809. The van der Waals surface area contributed by atoms with Crippen LogP contribution in [0.25, 0.3) is 0 Å². The van der Waals surface area contributed by atoms with Gasteiger partial charge in [-0.15, -0.1) is 0 Å². The predicted octanol–water partition coefficient (Wildman–Crippen LogP) is 3.55. The lowest BCUT2D eigenvalue weighted by Crippen LogP contribution is -2.25. The number of fused-ring (bicyclic) bond motifs is 1. The maximum Gasteiger partial charge on any atom is 0.338 e. The minimum atomic E-state index is -0.242. The van der Waals surface area contributed by atoms with Gasteiger partial charge in [-0.1, -0.05) is 36.4 Å². The molecule has 22 heavy (non-hydrogen) atoms. The number of carbonyl (C=O) groups is 1. The van der Waals surface area contributed by atoms with Gasteiger partial charge in [-0.25, -0.2) is 4.79 Å². The second-order valence-electron chi connectivity index (χ2n) is 5.67. The molecule has 1 atom stereocenters. The van der Waals surface area contributed by atoms with E-state index in [2.05, 4.69) is 18.2 Å². The van der Waals surface area contributed by atoms with Crippen LogP contribution >= 0.6 is 0 Å². The Morgan fingerprint density at radius 3 is 2.55 bits per heavy atom. The lowest BCUT2D eigenvalue weighted by molar-refractivity contribution is 0.0271. The van der Waals surface area contributed by atoms with Crippen LogP contribution in [0.1, 0.15) is 33.5 Å². The summed E-state index contributed by atoms with van der Waals surface area (Å²) in [7, 11) is 1.66. The Labute approximate surface area is 130 Å². The van der Waals surface area contributed by atoms with Crippen molar-refractivity contribution < 1.29 is 14.3 Å². The third kappa shape index (κ3) is 3.37. The molecule has 0 spiro atoms. The van der Waals surface area contributed by atoms with E-state index in [0.29, 0.717) is 12.2 Å². The van der Waals surface area contributed by atoms with Crippen LogP contribution in [-0.4, -0.2) is 19.2 Å². The Kier molecular flexibility index (Phi) is 4.54. The molecule has 114 valence electrons. The van der Waals surface area contributed by atoms with Crippen molar-refractivity contribution in [3.05, 3.63) is 70.8 Å². The van der Waals surface area contributed by atoms with Crippen LogP contribution in [0.15, 0.2) is 48.5 Å². The Hall–Kier alpha value is -2.13. The largest absolute Gasteiger partial charge is 0.458 e. The molecule has 0 amide bonds. The lowest BCUT2D eigenvalue weighted by atomic mass is 9.90. The van der Waals surface area contributed by atoms with E-state index < -0.39 is 0 Å². The van der Waals surface area contributed by atoms with E-state index in [9.17, 15) is 4.79 Å². The highest BCUT2D eigenvalue weighted by Crippen LogP contribution is 2.23. The van der Waals surface area contributed by atoms with Crippen molar-refractivity contribution in [2.24, 2.45) is 0 Å².